The summed E-state index contributed by atoms with van der Waals surface area (Å²) in [6, 6.07) is 11.5. The Kier molecular flexibility index (Phi) is 3.64. The summed E-state index contributed by atoms with van der Waals surface area (Å²) in [5.41, 5.74) is 1.25. The number of pyridine rings is 1. The molecule has 17 heavy (non-hydrogen) atoms. The Hall–Kier alpha value is -1.54. The molecule has 1 aromatic carbocycles. The number of nitrogens with zero attached hydrogens (tertiary/aromatic N) is 1. The third-order valence-corrected chi connectivity index (χ3v) is 2.67. The van der Waals surface area contributed by atoms with Gasteiger partial charge in [-0.3, -0.25) is 0 Å². The fraction of sp³-hybridized carbons (Fsp3) is 0.214. The molecule has 0 saturated heterocycles. The lowest BCUT2D eigenvalue weighted by molar-refractivity contribution is 0.462. The Labute approximate surface area is 106 Å². The molecule has 2 aromatic rings. The molecule has 0 spiro atoms. The van der Waals surface area contributed by atoms with Gasteiger partial charge in [-0.2, -0.15) is 0 Å². The number of hydrogen-bond donors (Lipinski definition) is 0. The maximum Gasteiger partial charge on any atom is 0.219 e. The van der Waals surface area contributed by atoms with Crippen LogP contribution in [0.15, 0.2) is 42.6 Å². The van der Waals surface area contributed by atoms with Crippen LogP contribution in [0.3, 0.4) is 0 Å². The largest absolute Gasteiger partial charge is 0.439 e. The summed E-state index contributed by atoms with van der Waals surface area (Å²) < 4.78 is 5.65. The van der Waals surface area contributed by atoms with Crippen LogP contribution in [-0.4, -0.2) is 4.98 Å². The van der Waals surface area contributed by atoms with E-state index in [-0.39, 0.29) is 0 Å². The van der Waals surface area contributed by atoms with Crippen LogP contribution in [0, 0.1) is 0 Å². The van der Waals surface area contributed by atoms with Gasteiger partial charge in [-0.1, -0.05) is 37.6 Å². The Balaban J connectivity index is 2.18. The predicted molar refractivity (Wildman–Crippen MR) is 69.9 cm³/mol. The average molecular weight is 248 g/mol. The van der Waals surface area contributed by atoms with Gasteiger partial charge in [0.15, 0.2) is 0 Å². The second-order valence-electron chi connectivity index (χ2n) is 4.14. The lowest BCUT2D eigenvalue weighted by Crippen LogP contribution is -1.90. The van der Waals surface area contributed by atoms with Crippen molar-refractivity contribution in [3.05, 3.63) is 53.2 Å². The summed E-state index contributed by atoms with van der Waals surface area (Å²) in [6.45, 7) is 4.30. The third-order valence-electron chi connectivity index (χ3n) is 2.45. The summed E-state index contributed by atoms with van der Waals surface area (Å²) in [7, 11) is 0. The maximum atomic E-state index is 5.76. The van der Waals surface area contributed by atoms with E-state index in [9.17, 15) is 0 Å². The standard InChI is InChI=1S/C14H14ClNO/c1-10(2)11-4-3-5-13(8-11)17-14-7-6-12(15)9-16-14/h3-10H,1-2H3. The topological polar surface area (TPSA) is 22.1 Å². The highest BCUT2D eigenvalue weighted by atomic mass is 35.5. The quantitative estimate of drug-likeness (QED) is 0.788. The predicted octanol–water partition coefficient (Wildman–Crippen LogP) is 4.65. The molecule has 0 bridgehead atoms. The third kappa shape index (κ3) is 3.21. The fourth-order valence-electron chi connectivity index (χ4n) is 1.48. The highest BCUT2D eigenvalue weighted by molar-refractivity contribution is 6.30. The zero-order valence-electron chi connectivity index (χ0n) is 9.85. The zero-order valence-corrected chi connectivity index (χ0v) is 10.6. The molecule has 0 fully saturated rings. The van der Waals surface area contributed by atoms with Gasteiger partial charge < -0.3 is 4.74 Å². The van der Waals surface area contributed by atoms with Gasteiger partial charge in [0.05, 0.1) is 5.02 Å². The molecule has 0 aliphatic rings. The number of benzene rings is 1. The van der Waals surface area contributed by atoms with Gasteiger partial charge in [0, 0.05) is 12.3 Å². The minimum absolute atomic E-state index is 0.483. The number of halogens is 1. The number of rotatable bonds is 3. The van der Waals surface area contributed by atoms with E-state index >= 15 is 0 Å². The summed E-state index contributed by atoms with van der Waals surface area (Å²) in [5, 5.41) is 0.605. The average Bonchev–Trinajstić information content (AvgIpc) is 2.32. The molecule has 1 heterocycles. The maximum absolute atomic E-state index is 5.76. The van der Waals surface area contributed by atoms with Crippen LogP contribution in [0.4, 0.5) is 0 Å². The van der Waals surface area contributed by atoms with Gasteiger partial charge in [0.2, 0.25) is 5.88 Å². The molecule has 0 aliphatic heterocycles. The van der Waals surface area contributed by atoms with Crippen LogP contribution in [0.1, 0.15) is 25.3 Å². The number of hydrogen-bond acceptors (Lipinski definition) is 2. The molecule has 1 aromatic heterocycles. The SMILES string of the molecule is CC(C)c1cccc(Oc2ccc(Cl)cn2)c1. The first-order chi connectivity index (χ1) is 8.15. The Morgan fingerprint density at radius 2 is 2.00 bits per heavy atom. The summed E-state index contributed by atoms with van der Waals surface area (Å²) in [5.74, 6) is 1.83. The van der Waals surface area contributed by atoms with E-state index in [4.69, 9.17) is 16.3 Å². The van der Waals surface area contributed by atoms with E-state index in [0.717, 1.165) is 5.75 Å². The van der Waals surface area contributed by atoms with Crippen molar-refractivity contribution in [3.63, 3.8) is 0 Å². The van der Waals surface area contributed by atoms with Crippen molar-refractivity contribution in [1.82, 2.24) is 4.98 Å². The minimum Gasteiger partial charge on any atom is -0.439 e. The van der Waals surface area contributed by atoms with Gasteiger partial charge in [-0.05, 0) is 29.7 Å². The van der Waals surface area contributed by atoms with Gasteiger partial charge in [0.1, 0.15) is 5.75 Å². The van der Waals surface area contributed by atoms with Gasteiger partial charge in [-0.25, -0.2) is 4.98 Å². The molecular formula is C14H14ClNO. The van der Waals surface area contributed by atoms with Crippen molar-refractivity contribution >= 4 is 11.6 Å². The molecule has 2 rings (SSSR count). The van der Waals surface area contributed by atoms with Crippen molar-refractivity contribution in [1.29, 1.82) is 0 Å². The highest BCUT2D eigenvalue weighted by Gasteiger charge is 2.02. The molecule has 88 valence electrons. The first kappa shape index (κ1) is 11.9. The number of ether oxygens (including phenoxy) is 1. The van der Waals surface area contributed by atoms with Crippen LogP contribution in [0.5, 0.6) is 11.6 Å². The minimum atomic E-state index is 0.483. The van der Waals surface area contributed by atoms with Crippen molar-refractivity contribution in [3.8, 4) is 11.6 Å². The van der Waals surface area contributed by atoms with E-state index in [1.165, 1.54) is 5.56 Å². The van der Waals surface area contributed by atoms with Crippen molar-refractivity contribution in [2.24, 2.45) is 0 Å². The molecule has 0 aliphatic carbocycles. The molecule has 0 atom stereocenters. The lowest BCUT2D eigenvalue weighted by atomic mass is 10.0. The molecule has 0 amide bonds. The van der Waals surface area contributed by atoms with Crippen LogP contribution in [0.2, 0.25) is 5.02 Å². The van der Waals surface area contributed by atoms with E-state index in [0.29, 0.717) is 16.8 Å². The van der Waals surface area contributed by atoms with Gasteiger partial charge >= 0.3 is 0 Å². The molecule has 0 unspecified atom stereocenters. The van der Waals surface area contributed by atoms with E-state index in [1.807, 2.05) is 18.2 Å². The molecule has 0 N–H and O–H groups in total. The monoisotopic (exact) mass is 247 g/mol. The Morgan fingerprint density at radius 3 is 2.65 bits per heavy atom. The molecule has 0 radical (unpaired) electrons. The molecule has 0 saturated carbocycles. The molecule has 3 heteroatoms. The summed E-state index contributed by atoms with van der Waals surface area (Å²) >= 11 is 5.76. The van der Waals surface area contributed by atoms with Crippen LogP contribution in [-0.2, 0) is 0 Å². The van der Waals surface area contributed by atoms with Crippen LogP contribution in [0.25, 0.3) is 0 Å². The van der Waals surface area contributed by atoms with Crippen molar-refractivity contribution in [2.45, 2.75) is 19.8 Å². The number of aromatic nitrogens is 1. The molecule has 2 nitrogen and oxygen atoms in total. The van der Waals surface area contributed by atoms with E-state index in [2.05, 4.69) is 24.9 Å². The highest BCUT2D eigenvalue weighted by Crippen LogP contribution is 2.24. The van der Waals surface area contributed by atoms with Gasteiger partial charge in [0.25, 0.3) is 0 Å². The van der Waals surface area contributed by atoms with Crippen molar-refractivity contribution < 1.29 is 4.74 Å². The fourth-order valence-corrected chi connectivity index (χ4v) is 1.59. The Morgan fingerprint density at radius 1 is 1.18 bits per heavy atom. The molecular weight excluding hydrogens is 234 g/mol. The van der Waals surface area contributed by atoms with Crippen molar-refractivity contribution in [2.75, 3.05) is 0 Å². The van der Waals surface area contributed by atoms with E-state index in [1.54, 1.807) is 18.3 Å². The van der Waals surface area contributed by atoms with Crippen LogP contribution >= 0.6 is 11.6 Å². The summed E-state index contributed by atoms with van der Waals surface area (Å²) in [4.78, 5) is 4.09. The van der Waals surface area contributed by atoms with Gasteiger partial charge in [-0.15, -0.1) is 0 Å². The zero-order chi connectivity index (χ0) is 12.3. The van der Waals surface area contributed by atoms with Crippen LogP contribution < -0.4 is 4.74 Å². The second-order valence-corrected chi connectivity index (χ2v) is 4.58. The summed E-state index contributed by atoms with van der Waals surface area (Å²) in [6.07, 6.45) is 1.57. The lowest BCUT2D eigenvalue weighted by Gasteiger charge is -2.08. The first-order valence-electron chi connectivity index (χ1n) is 5.54. The first-order valence-corrected chi connectivity index (χ1v) is 5.92. The second kappa shape index (κ2) is 5.19. The Bertz CT molecular complexity index is 494. The normalized spacial score (nSPS) is 10.6. The van der Waals surface area contributed by atoms with E-state index < -0.39 is 0 Å². The smallest absolute Gasteiger partial charge is 0.219 e.